The number of aryl methyl sites for hydroxylation is 1. The highest BCUT2D eigenvalue weighted by Crippen LogP contribution is 2.21. The maximum absolute atomic E-state index is 12.6. The minimum atomic E-state index is -3.56. The molecule has 0 spiro atoms. The summed E-state index contributed by atoms with van der Waals surface area (Å²) < 4.78 is 31.3. The molecular formula is C12H24N4O3S. The fourth-order valence-corrected chi connectivity index (χ4v) is 3.20. The highest BCUT2D eigenvalue weighted by molar-refractivity contribution is 7.89. The molecule has 7 nitrogen and oxygen atoms in total. The van der Waals surface area contributed by atoms with E-state index >= 15 is 0 Å². The van der Waals surface area contributed by atoms with Crippen LogP contribution in [0, 0.1) is 6.92 Å². The van der Waals surface area contributed by atoms with Gasteiger partial charge in [-0.2, -0.15) is 9.40 Å². The predicted octanol–water partition coefficient (Wildman–Crippen LogP) is 0.483. The van der Waals surface area contributed by atoms with Crippen molar-refractivity contribution in [1.82, 2.24) is 19.8 Å². The molecule has 0 aliphatic rings. The molecule has 20 heavy (non-hydrogen) atoms. The fraction of sp³-hybridized carbons (Fsp3) is 0.750. The van der Waals surface area contributed by atoms with Crippen molar-refractivity contribution in [3.8, 4) is 0 Å². The van der Waals surface area contributed by atoms with Gasteiger partial charge in [0, 0.05) is 33.3 Å². The Hall–Kier alpha value is -0.960. The average molecular weight is 304 g/mol. The molecular weight excluding hydrogens is 280 g/mol. The molecule has 0 saturated heterocycles. The molecule has 0 atom stereocenters. The van der Waals surface area contributed by atoms with Crippen LogP contribution in [-0.2, 0) is 21.3 Å². The second-order valence-electron chi connectivity index (χ2n) is 4.98. The molecule has 116 valence electrons. The zero-order valence-electron chi connectivity index (χ0n) is 12.7. The minimum Gasteiger partial charge on any atom is -0.383 e. The van der Waals surface area contributed by atoms with Crippen molar-refractivity contribution in [1.29, 1.82) is 0 Å². The maximum Gasteiger partial charge on any atom is 0.246 e. The lowest BCUT2D eigenvalue weighted by Crippen LogP contribution is -2.31. The zero-order valence-corrected chi connectivity index (χ0v) is 13.5. The molecule has 8 heteroatoms. The van der Waals surface area contributed by atoms with Gasteiger partial charge in [0.25, 0.3) is 0 Å². The van der Waals surface area contributed by atoms with Gasteiger partial charge in [0.05, 0.1) is 18.0 Å². The molecule has 0 aliphatic heterocycles. The van der Waals surface area contributed by atoms with Crippen molar-refractivity contribution in [3.05, 3.63) is 11.4 Å². The molecule has 0 aromatic carbocycles. The Morgan fingerprint density at radius 3 is 2.65 bits per heavy atom. The van der Waals surface area contributed by atoms with Gasteiger partial charge in [-0.05, 0) is 6.92 Å². The largest absolute Gasteiger partial charge is 0.383 e. The third kappa shape index (κ3) is 4.02. The molecule has 1 rings (SSSR count). The molecule has 1 aromatic rings. The number of methoxy groups -OCH3 is 1. The third-order valence-electron chi connectivity index (χ3n) is 2.92. The average Bonchev–Trinajstić information content (AvgIpc) is 2.75. The van der Waals surface area contributed by atoms with Crippen LogP contribution >= 0.6 is 0 Å². The number of likely N-dealkylation sites (N-methyl/N-ethyl adjacent to an activating group) is 1. The van der Waals surface area contributed by atoms with Crippen molar-refractivity contribution in [2.45, 2.75) is 38.3 Å². The van der Waals surface area contributed by atoms with Gasteiger partial charge < -0.3 is 10.1 Å². The monoisotopic (exact) mass is 304 g/mol. The minimum absolute atomic E-state index is 0.254. The van der Waals surface area contributed by atoms with Gasteiger partial charge in [0.1, 0.15) is 4.90 Å². The second kappa shape index (κ2) is 7.16. The summed E-state index contributed by atoms with van der Waals surface area (Å²) in [4.78, 5) is 0.254. The molecule has 2 N–H and O–H groups in total. The lowest BCUT2D eigenvalue weighted by molar-refractivity contribution is 0.185. The summed E-state index contributed by atoms with van der Waals surface area (Å²) in [6.45, 7) is 6.78. The van der Waals surface area contributed by atoms with Gasteiger partial charge >= 0.3 is 0 Å². The molecule has 1 heterocycles. The fourth-order valence-electron chi connectivity index (χ4n) is 1.73. The number of hydrogen-bond donors (Lipinski definition) is 2. The van der Waals surface area contributed by atoms with E-state index in [0.29, 0.717) is 31.1 Å². The third-order valence-corrected chi connectivity index (χ3v) is 4.98. The van der Waals surface area contributed by atoms with Gasteiger partial charge in [0.2, 0.25) is 10.0 Å². The first-order chi connectivity index (χ1) is 9.30. The number of rotatable bonds is 8. The van der Waals surface area contributed by atoms with Gasteiger partial charge in [0.15, 0.2) is 0 Å². The Labute approximate surface area is 120 Å². The molecule has 0 radical (unpaired) electrons. The molecule has 0 fully saturated rings. The first-order valence-corrected chi connectivity index (χ1v) is 7.97. The van der Waals surface area contributed by atoms with Crippen LogP contribution in [0.4, 0.5) is 0 Å². The van der Waals surface area contributed by atoms with Crippen molar-refractivity contribution < 1.29 is 13.2 Å². The maximum atomic E-state index is 12.6. The Balaban J connectivity index is 3.01. The highest BCUT2D eigenvalue weighted by atomic mass is 32.2. The van der Waals surface area contributed by atoms with E-state index in [1.807, 2.05) is 13.8 Å². The standard InChI is InChI=1S/C12H24N4O3S/c1-9(2)13-8-11-12(10(3)14-15-11)20(17,18)16(4)6-7-19-5/h9,13H,6-8H2,1-5H3,(H,14,15). The van der Waals surface area contributed by atoms with Gasteiger partial charge in [-0.25, -0.2) is 8.42 Å². The lowest BCUT2D eigenvalue weighted by atomic mass is 10.3. The number of nitrogens with zero attached hydrogens (tertiary/aromatic N) is 2. The molecule has 0 aliphatic carbocycles. The van der Waals surface area contributed by atoms with E-state index in [9.17, 15) is 8.42 Å². The first-order valence-electron chi connectivity index (χ1n) is 6.53. The highest BCUT2D eigenvalue weighted by Gasteiger charge is 2.28. The number of ether oxygens (including phenoxy) is 1. The van der Waals surface area contributed by atoms with Crippen LogP contribution in [0.1, 0.15) is 25.2 Å². The Morgan fingerprint density at radius 1 is 1.45 bits per heavy atom. The number of nitrogens with one attached hydrogen (secondary N) is 2. The topological polar surface area (TPSA) is 87.3 Å². The first kappa shape index (κ1) is 17.1. The Morgan fingerprint density at radius 2 is 2.10 bits per heavy atom. The van der Waals surface area contributed by atoms with E-state index < -0.39 is 10.0 Å². The SMILES string of the molecule is COCCN(C)S(=O)(=O)c1c(CNC(C)C)n[nH]c1C. The van der Waals surface area contributed by atoms with Crippen molar-refractivity contribution >= 4 is 10.0 Å². The lowest BCUT2D eigenvalue weighted by Gasteiger charge is -2.17. The predicted molar refractivity (Wildman–Crippen MR) is 77.0 cm³/mol. The van der Waals surface area contributed by atoms with E-state index in [-0.39, 0.29) is 10.9 Å². The number of sulfonamides is 1. The van der Waals surface area contributed by atoms with Crippen LogP contribution in [0.3, 0.4) is 0 Å². The Bertz CT molecular complexity index is 525. The van der Waals surface area contributed by atoms with Gasteiger partial charge in [-0.1, -0.05) is 13.8 Å². The zero-order chi connectivity index (χ0) is 15.3. The molecule has 1 aromatic heterocycles. The van der Waals surface area contributed by atoms with Gasteiger partial charge in [-0.3, -0.25) is 5.10 Å². The number of H-pyrrole nitrogens is 1. The van der Waals surface area contributed by atoms with Crippen LogP contribution in [0.2, 0.25) is 0 Å². The normalized spacial score (nSPS) is 12.6. The van der Waals surface area contributed by atoms with Crippen LogP contribution in [-0.4, -0.2) is 56.3 Å². The summed E-state index contributed by atoms with van der Waals surface area (Å²) in [6, 6.07) is 0.258. The van der Waals surface area contributed by atoms with Crippen molar-refractivity contribution in [2.75, 3.05) is 27.3 Å². The summed E-state index contributed by atoms with van der Waals surface area (Å²) in [5.74, 6) is 0. The number of hydrogen-bond acceptors (Lipinski definition) is 5. The van der Waals surface area contributed by atoms with Crippen molar-refractivity contribution in [3.63, 3.8) is 0 Å². The van der Waals surface area contributed by atoms with E-state index in [1.165, 1.54) is 4.31 Å². The van der Waals surface area contributed by atoms with Crippen LogP contribution < -0.4 is 5.32 Å². The second-order valence-corrected chi connectivity index (χ2v) is 6.96. The summed E-state index contributed by atoms with van der Waals surface area (Å²) in [5.41, 5.74) is 1.07. The molecule has 0 saturated carbocycles. The summed E-state index contributed by atoms with van der Waals surface area (Å²) in [5, 5.41) is 10.0. The molecule has 0 bridgehead atoms. The van der Waals surface area contributed by atoms with E-state index in [1.54, 1.807) is 21.1 Å². The van der Waals surface area contributed by atoms with Crippen LogP contribution in [0.5, 0.6) is 0 Å². The van der Waals surface area contributed by atoms with Crippen molar-refractivity contribution in [2.24, 2.45) is 0 Å². The van der Waals surface area contributed by atoms with E-state index in [0.717, 1.165) is 0 Å². The summed E-state index contributed by atoms with van der Waals surface area (Å²) >= 11 is 0. The quantitative estimate of drug-likeness (QED) is 0.729. The number of aromatic nitrogens is 2. The smallest absolute Gasteiger partial charge is 0.246 e. The van der Waals surface area contributed by atoms with Crippen LogP contribution in [0.15, 0.2) is 4.90 Å². The van der Waals surface area contributed by atoms with E-state index in [4.69, 9.17) is 4.74 Å². The Kier molecular flexibility index (Phi) is 6.12. The van der Waals surface area contributed by atoms with Gasteiger partial charge in [-0.15, -0.1) is 0 Å². The number of aromatic amines is 1. The summed E-state index contributed by atoms with van der Waals surface area (Å²) in [7, 11) is -0.472. The van der Waals surface area contributed by atoms with Crippen LogP contribution in [0.25, 0.3) is 0 Å². The van der Waals surface area contributed by atoms with E-state index in [2.05, 4.69) is 15.5 Å². The molecule has 0 unspecified atom stereocenters. The summed E-state index contributed by atoms with van der Waals surface area (Å²) in [6.07, 6.45) is 0. The molecule has 0 amide bonds.